The molecule has 5 amide bonds. The van der Waals surface area contributed by atoms with Crippen LogP contribution in [0, 0.1) is 24.7 Å². The number of nitrogens with one attached hydrogen (secondary N) is 3. The van der Waals surface area contributed by atoms with E-state index in [2.05, 4.69) is 103 Å². The largest absolute Gasteiger partial charge is 0.491 e. The number of fused-ring (bicyclic) bond motifs is 2. The van der Waals surface area contributed by atoms with Gasteiger partial charge in [0.25, 0.3) is 16.0 Å². The first kappa shape index (κ1) is 76.7. The number of azide groups is 2. The topological polar surface area (TPSA) is 489 Å². The first-order valence-electron chi connectivity index (χ1n) is 29.9. The molecule has 7 rings (SSSR count). The maximum absolute atomic E-state index is 13.5. The van der Waals surface area contributed by atoms with E-state index in [0.717, 1.165) is 44.4 Å². The molecule has 4 aliphatic rings. The molecular formula is C58H74N12O23P3S+. The molecule has 2 saturated heterocycles. The maximum atomic E-state index is 13.5. The van der Waals surface area contributed by atoms with Crippen LogP contribution in [0.25, 0.3) is 20.9 Å². The number of phosphoric ester groups is 1. The van der Waals surface area contributed by atoms with Gasteiger partial charge in [-0.2, -0.15) is 21.6 Å². The Morgan fingerprint density at radius 1 is 0.959 bits per heavy atom. The zero-order valence-electron chi connectivity index (χ0n) is 53.4. The minimum atomic E-state index is -5.86. The van der Waals surface area contributed by atoms with E-state index < -0.39 is 119 Å². The highest BCUT2D eigenvalue weighted by molar-refractivity contribution is 7.85. The van der Waals surface area contributed by atoms with Crippen molar-refractivity contribution in [3.8, 4) is 17.6 Å². The van der Waals surface area contributed by atoms with Crippen LogP contribution in [0.1, 0.15) is 87.4 Å². The van der Waals surface area contributed by atoms with Gasteiger partial charge in [-0.15, -0.1) is 0 Å². The Hall–Kier alpha value is -7.70. The SMILES string of the molecule is CCN1/C(=C/C=C/C2=[N+](CCC(=O)CCCNC(=O)c3cccc(OCC(N=[N+]=[N-])OCCOCC(=O)NCC#CC4CN(C5CC(OCN=[N+]=[N-])C(COP(=O)(O)OP(=O)(O)OP(=O)(O)O)O5)C(=O)NC4=O)c3)c3ccc(C)cc3C2(C)C)C(C)(C)c2cc(S(=O)(=O)O)ccc21. The van der Waals surface area contributed by atoms with Crippen LogP contribution in [0.3, 0.4) is 0 Å². The molecule has 0 aromatic heterocycles. The third-order valence-electron chi connectivity index (χ3n) is 15.6. The molecule has 3 aromatic carbocycles. The molecule has 7 atom stereocenters. The average Bonchev–Trinajstić information content (AvgIpc) is 1.60. The van der Waals surface area contributed by atoms with Crippen LogP contribution in [-0.4, -0.2) is 174 Å². The smallest absolute Gasteiger partial charge is 0.490 e. The van der Waals surface area contributed by atoms with Crippen LogP contribution in [0.2, 0.25) is 0 Å². The number of carbonyl (C=O) groups is 5. The first-order chi connectivity index (χ1) is 45.7. The van der Waals surface area contributed by atoms with E-state index in [1.165, 1.54) is 18.2 Å². The number of imide groups is 1. The normalized spacial score (nSPS) is 20.7. The Kier molecular flexibility index (Phi) is 26.3. The fourth-order valence-corrected chi connectivity index (χ4v) is 14.6. The van der Waals surface area contributed by atoms with Crippen molar-refractivity contribution < 1.29 is 112 Å². The van der Waals surface area contributed by atoms with E-state index in [-0.39, 0.29) is 80.7 Å². The molecule has 0 saturated carbocycles. The molecule has 0 radical (unpaired) electrons. The number of carbonyl (C=O) groups excluding carboxylic acids is 5. The highest BCUT2D eigenvalue weighted by atomic mass is 32.2. The van der Waals surface area contributed by atoms with Crippen molar-refractivity contribution in [3.05, 3.63) is 128 Å². The standard InChI is InChI=1S/C58H73N12O23P3S/c1-7-68-45-21-19-42(97(83,84)85)30-44(45)58(5,6)49(68)16-9-17-50-57(3,4)43-28-37(2)18-20-46(43)69(50)25-22-40(71)14-11-24-62-54(73)38-12-8-15-41(29-38)88-35-52(65-67-60)87-27-26-86-34-51(72)61-23-10-13-39-32-70(56(75)64-55(39)74)53-31-47(89-36-63-66-59)48(91-53)33-90-95(79,80)93-96(81,82)92-94(76,77)78/h8-9,12,15-21,28-30,39,47-48,52-53H,7,11,14,22-27,31-36H2,1-6H3,(H7-,61,62,64,72,73,74,75,76,77,78,79,80,81,82,83,84,85)/p+1. The minimum Gasteiger partial charge on any atom is -0.491 e. The van der Waals surface area contributed by atoms with Gasteiger partial charge < -0.3 is 58.8 Å². The van der Waals surface area contributed by atoms with E-state index in [9.17, 15) is 66.0 Å². The Bertz CT molecular complexity index is 4030. The van der Waals surface area contributed by atoms with Crippen LogP contribution in [0.4, 0.5) is 16.2 Å². The van der Waals surface area contributed by atoms with E-state index in [4.69, 9.17) is 39.0 Å². The summed E-state index contributed by atoms with van der Waals surface area (Å²) in [7, 11) is -21.6. The predicted molar refractivity (Wildman–Crippen MR) is 343 cm³/mol. The summed E-state index contributed by atoms with van der Waals surface area (Å²) in [5.74, 6) is 2.47. The molecular weight excluding hydrogens is 1360 g/mol. The van der Waals surface area contributed by atoms with Crippen LogP contribution in [0.5, 0.6) is 5.75 Å². The van der Waals surface area contributed by atoms with Crippen molar-refractivity contribution >= 4 is 80.2 Å². The van der Waals surface area contributed by atoms with Crippen LogP contribution in [0.15, 0.2) is 99.7 Å². The number of hydrogen-bond acceptors (Lipinski definition) is 21. The number of aryl methyl sites for hydroxylation is 1. The molecule has 4 heterocycles. The van der Waals surface area contributed by atoms with Gasteiger partial charge in [0.2, 0.25) is 17.5 Å². The van der Waals surface area contributed by atoms with Crippen LogP contribution >= 0.6 is 23.5 Å². The lowest BCUT2D eigenvalue weighted by molar-refractivity contribution is -0.436. The second-order valence-corrected chi connectivity index (χ2v) is 28.9. The molecule has 3 aromatic rings. The molecule has 39 heteroatoms. The fourth-order valence-electron chi connectivity index (χ4n) is 11.0. The summed E-state index contributed by atoms with van der Waals surface area (Å²) >= 11 is 0. The summed E-state index contributed by atoms with van der Waals surface area (Å²) in [6.45, 7) is 10.4. The number of anilines is 1. The van der Waals surface area contributed by atoms with Crippen LogP contribution in [-0.2, 0) is 81.1 Å². The molecule has 97 heavy (non-hydrogen) atoms. The minimum absolute atomic E-state index is 0.0154. The lowest BCUT2D eigenvalue weighted by Gasteiger charge is -2.33. The van der Waals surface area contributed by atoms with Crippen molar-refractivity contribution in [1.82, 2.24) is 20.9 Å². The average molecular weight is 1430 g/mol. The van der Waals surface area contributed by atoms with Gasteiger partial charge in [0.05, 0.1) is 49.2 Å². The molecule has 2 fully saturated rings. The van der Waals surface area contributed by atoms with Gasteiger partial charge in [0.15, 0.2) is 18.5 Å². The summed E-state index contributed by atoms with van der Waals surface area (Å²) in [5.41, 5.74) is 23.9. The van der Waals surface area contributed by atoms with Crippen molar-refractivity contribution in [2.45, 2.75) is 108 Å². The first-order valence-corrected chi connectivity index (χ1v) is 35.9. The highest BCUT2D eigenvalue weighted by Gasteiger charge is 2.48. The predicted octanol–water partition coefficient (Wildman–Crippen LogP) is 6.49. The summed E-state index contributed by atoms with van der Waals surface area (Å²) in [6, 6.07) is 16.2. The maximum Gasteiger partial charge on any atom is 0.490 e. The Morgan fingerprint density at radius 2 is 1.72 bits per heavy atom. The number of ketones is 1. The van der Waals surface area contributed by atoms with Crippen LogP contribution < -0.4 is 25.6 Å². The molecule has 8 N–H and O–H groups in total. The van der Waals surface area contributed by atoms with Gasteiger partial charge >= 0.3 is 29.5 Å². The highest BCUT2D eigenvalue weighted by Crippen LogP contribution is 2.66. The van der Waals surface area contributed by atoms with Gasteiger partial charge in [0.1, 0.15) is 49.7 Å². The van der Waals surface area contributed by atoms with E-state index >= 15 is 0 Å². The summed E-state index contributed by atoms with van der Waals surface area (Å²) < 4.78 is 111. The summed E-state index contributed by atoms with van der Waals surface area (Å²) in [6.07, 6.45) is 1.74. The number of ether oxygens (including phenoxy) is 5. The zero-order chi connectivity index (χ0) is 71.1. The molecule has 0 bridgehead atoms. The third kappa shape index (κ3) is 21.2. The number of likely N-dealkylation sites (N-methyl/N-ethyl adjacent to an activating group) is 1. The van der Waals surface area contributed by atoms with Gasteiger partial charge in [0, 0.05) is 82.4 Å². The van der Waals surface area contributed by atoms with E-state index in [1.807, 2.05) is 45.9 Å². The van der Waals surface area contributed by atoms with Gasteiger partial charge in [-0.3, -0.25) is 38.5 Å². The summed E-state index contributed by atoms with van der Waals surface area (Å²) in [5, 5.41) is 14.2. The number of Topliss-reactive ketones (excluding diaryl/α,β-unsaturated/α-hetero) is 1. The molecule has 4 aliphatic heterocycles. The van der Waals surface area contributed by atoms with Gasteiger partial charge in [-0.25, -0.2) is 18.5 Å². The van der Waals surface area contributed by atoms with Crippen molar-refractivity contribution in [1.29, 1.82) is 0 Å². The zero-order valence-corrected chi connectivity index (χ0v) is 56.9. The number of amides is 5. The third-order valence-corrected chi connectivity index (χ3v) is 20.3. The number of nitrogens with zero attached hydrogens (tertiary/aromatic N) is 9. The Labute approximate surface area is 556 Å². The number of allylic oxidation sites excluding steroid dienone is 4. The number of hydrogen-bond donors (Lipinski definition) is 8. The molecule has 524 valence electrons. The molecule has 0 aliphatic carbocycles. The molecule has 35 nitrogen and oxygen atoms in total. The fraction of sp³-hybridized carbons (Fsp3) is 0.483. The summed E-state index contributed by atoms with van der Waals surface area (Å²) in [4.78, 5) is 110. The van der Waals surface area contributed by atoms with Crippen molar-refractivity contribution in [2.24, 2.45) is 16.1 Å². The van der Waals surface area contributed by atoms with Gasteiger partial charge in [-0.1, -0.05) is 59.7 Å². The quantitative estimate of drug-likeness (QED) is 0.00462. The Balaban J connectivity index is 0.816. The number of urea groups is 1. The van der Waals surface area contributed by atoms with Crippen molar-refractivity contribution in [2.75, 3.05) is 77.4 Å². The molecule has 0 spiro atoms. The Morgan fingerprint density at radius 3 is 2.43 bits per heavy atom. The van der Waals surface area contributed by atoms with Gasteiger partial charge in [-0.05, 0) is 99.3 Å². The lowest BCUT2D eigenvalue weighted by Crippen LogP contribution is -2.57. The van der Waals surface area contributed by atoms with E-state index in [0.29, 0.717) is 19.5 Å². The molecule has 7 unspecified atom stereocenters. The number of phosphoric acid groups is 3. The second kappa shape index (κ2) is 33.2. The lowest BCUT2D eigenvalue weighted by atomic mass is 9.80. The monoisotopic (exact) mass is 1430 g/mol. The second-order valence-electron chi connectivity index (χ2n) is 23.1. The van der Waals surface area contributed by atoms with Crippen molar-refractivity contribution in [3.63, 3.8) is 0 Å². The number of rotatable bonds is 34. The number of benzene rings is 3. The van der Waals surface area contributed by atoms with E-state index in [1.54, 1.807) is 24.3 Å².